The van der Waals surface area contributed by atoms with Crippen LogP contribution in [0, 0.1) is 0 Å². The van der Waals surface area contributed by atoms with Crippen LogP contribution in [-0.2, 0) is 14.8 Å². The molecule has 0 saturated carbocycles. The third kappa shape index (κ3) is 5.70. The first-order chi connectivity index (χ1) is 12.3. The number of hydrogen-bond acceptors (Lipinski definition) is 5. The lowest BCUT2D eigenvalue weighted by Crippen LogP contribution is -2.40. The molecule has 2 rings (SSSR count). The zero-order valence-electron chi connectivity index (χ0n) is 13.8. The highest BCUT2D eigenvalue weighted by atomic mass is 35.5. The van der Waals surface area contributed by atoms with E-state index >= 15 is 0 Å². The maximum atomic E-state index is 12.4. The quantitative estimate of drug-likeness (QED) is 0.597. The number of nitrogens with one attached hydrogen (secondary N) is 1. The number of nitrogens with two attached hydrogens (primary N) is 1. The van der Waals surface area contributed by atoms with Gasteiger partial charge in [0.1, 0.15) is 17.5 Å². The van der Waals surface area contributed by atoms with E-state index in [-0.39, 0.29) is 17.9 Å². The van der Waals surface area contributed by atoms with Crippen LogP contribution in [-0.4, -0.2) is 32.1 Å². The molecule has 140 valence electrons. The molecule has 7 nitrogen and oxygen atoms in total. The molecule has 1 unspecified atom stereocenters. The number of aliphatic carboxylic acids is 1. The molecular formula is C17H19ClN2O5S. The number of ether oxygens (including phenoxy) is 1. The molecule has 26 heavy (non-hydrogen) atoms. The van der Waals surface area contributed by atoms with E-state index in [1.807, 2.05) is 0 Å². The first kappa shape index (κ1) is 20.2. The maximum Gasteiger partial charge on any atom is 0.321 e. The lowest BCUT2D eigenvalue weighted by molar-refractivity contribution is -0.139. The third-order valence-corrected chi connectivity index (χ3v) is 5.22. The normalized spacial score (nSPS) is 12.5. The van der Waals surface area contributed by atoms with Crippen LogP contribution < -0.4 is 15.2 Å². The van der Waals surface area contributed by atoms with Crippen LogP contribution in [0.15, 0.2) is 53.4 Å². The largest absolute Gasteiger partial charge is 0.480 e. The molecule has 4 N–H and O–H groups in total. The van der Waals surface area contributed by atoms with Crippen molar-refractivity contribution in [1.82, 2.24) is 4.72 Å². The summed E-state index contributed by atoms with van der Waals surface area (Å²) in [4.78, 5) is 11.1. The Bertz CT molecular complexity index is 838. The fourth-order valence-corrected chi connectivity index (χ4v) is 3.49. The van der Waals surface area contributed by atoms with Gasteiger partial charge < -0.3 is 15.6 Å². The minimum atomic E-state index is -3.97. The molecule has 0 heterocycles. The molecule has 0 spiro atoms. The minimum absolute atomic E-state index is 0.0556. The predicted octanol–water partition coefficient (Wildman–Crippen LogP) is 2.60. The summed E-state index contributed by atoms with van der Waals surface area (Å²) in [7, 11) is -3.97. The topological polar surface area (TPSA) is 119 Å². The monoisotopic (exact) mass is 398 g/mol. The van der Waals surface area contributed by atoms with Gasteiger partial charge in [0, 0.05) is 5.02 Å². The molecule has 1 atom stereocenters. The lowest BCUT2D eigenvalue weighted by Gasteiger charge is -2.14. The minimum Gasteiger partial charge on any atom is -0.480 e. The van der Waals surface area contributed by atoms with E-state index < -0.39 is 22.0 Å². The molecule has 0 aliphatic carbocycles. The van der Waals surface area contributed by atoms with Crippen LogP contribution in [0.2, 0.25) is 5.02 Å². The van der Waals surface area contributed by atoms with Crippen molar-refractivity contribution in [1.29, 1.82) is 0 Å². The third-order valence-electron chi connectivity index (χ3n) is 3.48. The molecule has 0 fully saturated rings. The Balaban J connectivity index is 2.09. The second-order valence-corrected chi connectivity index (χ2v) is 7.62. The summed E-state index contributed by atoms with van der Waals surface area (Å²) in [6, 6.07) is 11.1. The Morgan fingerprint density at radius 1 is 1.12 bits per heavy atom. The van der Waals surface area contributed by atoms with Gasteiger partial charge in [-0.05, 0) is 67.9 Å². The molecular weight excluding hydrogens is 380 g/mol. The van der Waals surface area contributed by atoms with Crippen molar-refractivity contribution in [3.63, 3.8) is 0 Å². The Morgan fingerprint density at radius 2 is 1.65 bits per heavy atom. The number of carboxylic acids is 1. The average molecular weight is 399 g/mol. The number of benzene rings is 2. The smallest absolute Gasteiger partial charge is 0.321 e. The van der Waals surface area contributed by atoms with Gasteiger partial charge in [0.2, 0.25) is 10.0 Å². The predicted molar refractivity (Wildman–Crippen MR) is 98.0 cm³/mol. The zero-order valence-corrected chi connectivity index (χ0v) is 15.3. The molecule has 0 aliphatic rings. The molecule has 0 saturated heterocycles. The van der Waals surface area contributed by atoms with Crippen LogP contribution >= 0.6 is 11.6 Å². The zero-order chi connectivity index (χ0) is 19.2. The van der Waals surface area contributed by atoms with Gasteiger partial charge in [0.25, 0.3) is 0 Å². The second kappa shape index (κ2) is 9.00. The highest BCUT2D eigenvalue weighted by Gasteiger charge is 2.24. The number of carbonyl (C=O) groups is 1. The van der Waals surface area contributed by atoms with Crippen LogP contribution in [0.4, 0.5) is 0 Å². The van der Waals surface area contributed by atoms with E-state index in [1.165, 1.54) is 24.3 Å². The Kier molecular flexibility index (Phi) is 6.98. The van der Waals surface area contributed by atoms with Crippen molar-refractivity contribution in [2.45, 2.75) is 23.8 Å². The summed E-state index contributed by atoms with van der Waals surface area (Å²) in [5.41, 5.74) is 5.35. The van der Waals surface area contributed by atoms with Crippen LogP contribution in [0.25, 0.3) is 0 Å². The summed E-state index contributed by atoms with van der Waals surface area (Å²) in [5, 5.41) is 9.72. The van der Waals surface area contributed by atoms with Crippen molar-refractivity contribution in [2.75, 3.05) is 6.54 Å². The fourth-order valence-electron chi connectivity index (χ4n) is 2.14. The van der Waals surface area contributed by atoms with Gasteiger partial charge in [-0.25, -0.2) is 8.42 Å². The first-order valence-corrected chi connectivity index (χ1v) is 9.66. The van der Waals surface area contributed by atoms with Crippen molar-refractivity contribution >= 4 is 27.6 Å². The van der Waals surface area contributed by atoms with Crippen LogP contribution in [0.5, 0.6) is 11.5 Å². The van der Waals surface area contributed by atoms with E-state index in [2.05, 4.69) is 4.72 Å². The molecule has 0 radical (unpaired) electrons. The Labute approximate surface area is 156 Å². The van der Waals surface area contributed by atoms with Crippen molar-refractivity contribution in [2.24, 2.45) is 5.73 Å². The molecule has 0 bridgehead atoms. The van der Waals surface area contributed by atoms with Gasteiger partial charge in [-0.2, -0.15) is 4.72 Å². The second-order valence-electron chi connectivity index (χ2n) is 5.47. The van der Waals surface area contributed by atoms with Gasteiger partial charge >= 0.3 is 5.97 Å². The highest BCUT2D eigenvalue weighted by Crippen LogP contribution is 2.24. The van der Waals surface area contributed by atoms with Gasteiger partial charge in [0.05, 0.1) is 4.90 Å². The number of rotatable bonds is 9. The Hall–Kier alpha value is -2.13. The SMILES string of the molecule is NCCCC(NS(=O)(=O)c1ccc(Oc2ccc(Cl)cc2)cc1)C(=O)O. The molecule has 0 amide bonds. The van der Waals surface area contributed by atoms with Crippen molar-refractivity contribution in [3.05, 3.63) is 53.6 Å². The summed E-state index contributed by atoms with van der Waals surface area (Å²) < 4.78 is 32.5. The standard InChI is InChI=1S/C17H19ClN2O5S/c18-12-3-5-13(6-4-12)25-14-7-9-15(10-8-14)26(23,24)20-16(17(21)22)2-1-11-19/h3-10,16,20H,1-2,11,19H2,(H,21,22). The van der Waals surface area contributed by atoms with Gasteiger partial charge in [-0.3, -0.25) is 4.79 Å². The molecule has 0 aliphatic heterocycles. The highest BCUT2D eigenvalue weighted by molar-refractivity contribution is 7.89. The molecule has 2 aromatic carbocycles. The van der Waals surface area contributed by atoms with E-state index in [4.69, 9.17) is 27.2 Å². The number of halogens is 1. The van der Waals surface area contributed by atoms with E-state index in [0.29, 0.717) is 22.9 Å². The number of hydrogen-bond donors (Lipinski definition) is 3. The molecule has 2 aromatic rings. The molecule has 9 heteroatoms. The summed E-state index contributed by atoms with van der Waals surface area (Å²) in [6.45, 7) is 0.280. The van der Waals surface area contributed by atoms with E-state index in [9.17, 15) is 13.2 Å². The van der Waals surface area contributed by atoms with E-state index in [1.54, 1.807) is 24.3 Å². The first-order valence-electron chi connectivity index (χ1n) is 7.80. The average Bonchev–Trinajstić information content (AvgIpc) is 2.61. The van der Waals surface area contributed by atoms with Crippen molar-refractivity contribution < 1.29 is 23.1 Å². The Morgan fingerprint density at radius 3 is 2.15 bits per heavy atom. The van der Waals surface area contributed by atoms with Gasteiger partial charge in [-0.15, -0.1) is 0 Å². The van der Waals surface area contributed by atoms with E-state index in [0.717, 1.165) is 0 Å². The lowest BCUT2D eigenvalue weighted by atomic mass is 10.2. The number of carboxylic acid groups (broad SMARTS) is 1. The summed E-state index contributed by atoms with van der Waals surface area (Å²) in [6.07, 6.45) is 0.510. The maximum absolute atomic E-state index is 12.4. The molecule has 0 aromatic heterocycles. The number of sulfonamides is 1. The van der Waals surface area contributed by atoms with Gasteiger partial charge in [-0.1, -0.05) is 11.6 Å². The summed E-state index contributed by atoms with van der Waals surface area (Å²) >= 11 is 5.80. The van der Waals surface area contributed by atoms with Gasteiger partial charge in [0.15, 0.2) is 0 Å². The fraction of sp³-hybridized carbons (Fsp3) is 0.235. The summed E-state index contributed by atoms with van der Waals surface area (Å²) in [5.74, 6) is -0.259. The van der Waals surface area contributed by atoms with Crippen molar-refractivity contribution in [3.8, 4) is 11.5 Å². The van der Waals surface area contributed by atoms with Crippen LogP contribution in [0.3, 0.4) is 0 Å². The van der Waals surface area contributed by atoms with Crippen LogP contribution in [0.1, 0.15) is 12.8 Å².